The molecule has 2 aliphatic heterocycles. The number of rotatable bonds is 1. The highest BCUT2D eigenvalue weighted by molar-refractivity contribution is 5.66. The molecule has 2 heterocycles. The van der Waals surface area contributed by atoms with Crippen LogP contribution >= 0.6 is 0 Å². The van der Waals surface area contributed by atoms with Crippen molar-refractivity contribution in [2.75, 3.05) is 13.1 Å². The fraction of sp³-hybridized carbons (Fsp3) is 0.909. The molecular weight excluding hydrogens is 192 g/mol. The minimum Gasteiger partial charge on any atom is -0.459 e. The lowest BCUT2D eigenvalue weighted by atomic mass is 9.99. The van der Waals surface area contributed by atoms with Crippen molar-refractivity contribution in [2.45, 2.75) is 51.4 Å². The number of ether oxygens (including phenoxy) is 1. The van der Waals surface area contributed by atoms with Gasteiger partial charge in [-0.2, -0.15) is 0 Å². The number of hydrogen-bond acceptors (Lipinski definition) is 4. The maximum Gasteiger partial charge on any atom is 0.303 e. The summed E-state index contributed by atoms with van der Waals surface area (Å²) in [6.07, 6.45) is 3.58. The first kappa shape index (κ1) is 10.9. The van der Waals surface area contributed by atoms with Gasteiger partial charge in [0.1, 0.15) is 6.10 Å². The largest absolute Gasteiger partial charge is 0.459 e. The van der Waals surface area contributed by atoms with E-state index in [0.717, 1.165) is 25.9 Å². The maximum atomic E-state index is 11.0. The Bertz CT molecular complexity index is 245. The van der Waals surface area contributed by atoms with E-state index in [-0.39, 0.29) is 18.2 Å². The van der Waals surface area contributed by atoms with Crippen molar-refractivity contribution in [3.63, 3.8) is 0 Å². The topological polar surface area (TPSA) is 41.6 Å². The van der Waals surface area contributed by atoms with Crippen LogP contribution in [0.1, 0.15) is 33.1 Å². The van der Waals surface area contributed by atoms with Crippen LogP contribution in [0.25, 0.3) is 0 Å². The van der Waals surface area contributed by atoms with Gasteiger partial charge in [-0.15, -0.1) is 0 Å². The number of carbonyl (C=O) groups is 1. The van der Waals surface area contributed by atoms with Crippen molar-refractivity contribution < 1.29 is 9.53 Å². The van der Waals surface area contributed by atoms with E-state index < -0.39 is 0 Å². The van der Waals surface area contributed by atoms with Crippen LogP contribution in [0.3, 0.4) is 0 Å². The highest BCUT2D eigenvalue weighted by atomic mass is 16.5. The van der Waals surface area contributed by atoms with Gasteiger partial charge in [0, 0.05) is 19.5 Å². The minimum atomic E-state index is -0.165. The number of nitrogens with zero attached hydrogens (tertiary/aromatic N) is 1. The van der Waals surface area contributed by atoms with Crippen molar-refractivity contribution in [1.82, 2.24) is 10.2 Å². The van der Waals surface area contributed by atoms with E-state index in [2.05, 4.69) is 17.1 Å². The molecule has 0 saturated carbocycles. The molecular formula is C11H20N2O2. The van der Waals surface area contributed by atoms with Gasteiger partial charge in [-0.3, -0.25) is 15.0 Å². The van der Waals surface area contributed by atoms with E-state index in [1.807, 2.05) is 0 Å². The second-order valence-electron chi connectivity index (χ2n) is 4.63. The number of nitrogens with one attached hydrogen (secondary N) is 1. The average molecular weight is 212 g/mol. The SMILES string of the molecule is CC(=O)OC1CCCN2CCC(C)NC12. The van der Waals surface area contributed by atoms with Crippen LogP contribution in [-0.2, 0) is 9.53 Å². The number of piperidine rings is 1. The average Bonchev–Trinajstić information content (AvgIpc) is 2.18. The molecule has 2 fully saturated rings. The molecule has 0 aromatic carbocycles. The van der Waals surface area contributed by atoms with Gasteiger partial charge < -0.3 is 4.74 Å². The zero-order valence-electron chi connectivity index (χ0n) is 9.53. The Hall–Kier alpha value is -0.610. The Morgan fingerprint density at radius 2 is 2.20 bits per heavy atom. The monoisotopic (exact) mass is 212 g/mol. The molecule has 0 aromatic rings. The van der Waals surface area contributed by atoms with E-state index in [9.17, 15) is 4.79 Å². The summed E-state index contributed by atoms with van der Waals surface area (Å²) in [7, 11) is 0. The van der Waals surface area contributed by atoms with Crippen molar-refractivity contribution in [3.05, 3.63) is 0 Å². The first-order valence-corrected chi connectivity index (χ1v) is 5.84. The Kier molecular flexibility index (Phi) is 3.26. The quantitative estimate of drug-likeness (QED) is 0.650. The lowest BCUT2D eigenvalue weighted by Gasteiger charge is -2.45. The van der Waals surface area contributed by atoms with Gasteiger partial charge in [0.25, 0.3) is 0 Å². The molecule has 4 nitrogen and oxygen atoms in total. The van der Waals surface area contributed by atoms with E-state index in [1.54, 1.807) is 0 Å². The minimum absolute atomic E-state index is 0.0407. The van der Waals surface area contributed by atoms with Gasteiger partial charge >= 0.3 is 5.97 Å². The molecule has 3 unspecified atom stereocenters. The van der Waals surface area contributed by atoms with Gasteiger partial charge in [0.2, 0.25) is 0 Å². The molecule has 3 atom stereocenters. The van der Waals surface area contributed by atoms with E-state index in [4.69, 9.17) is 4.74 Å². The molecule has 1 N–H and O–H groups in total. The Balaban J connectivity index is 2.00. The normalized spacial score (nSPS) is 37.1. The van der Waals surface area contributed by atoms with Crippen LogP contribution in [-0.4, -0.2) is 42.3 Å². The van der Waals surface area contributed by atoms with E-state index >= 15 is 0 Å². The van der Waals surface area contributed by atoms with Crippen LogP contribution in [0.4, 0.5) is 0 Å². The summed E-state index contributed by atoms with van der Waals surface area (Å²) in [5.41, 5.74) is 0. The molecule has 4 heteroatoms. The third-order valence-electron chi connectivity index (χ3n) is 3.30. The second kappa shape index (κ2) is 4.49. The summed E-state index contributed by atoms with van der Waals surface area (Å²) in [4.78, 5) is 13.4. The van der Waals surface area contributed by atoms with Gasteiger partial charge in [0.15, 0.2) is 0 Å². The van der Waals surface area contributed by atoms with E-state index in [0.29, 0.717) is 6.04 Å². The molecule has 0 bridgehead atoms. The summed E-state index contributed by atoms with van der Waals surface area (Å²) in [6, 6.07) is 0.530. The first-order chi connectivity index (χ1) is 7.16. The number of fused-ring (bicyclic) bond motifs is 1. The van der Waals surface area contributed by atoms with Crippen molar-refractivity contribution in [2.24, 2.45) is 0 Å². The molecule has 0 aromatic heterocycles. The summed E-state index contributed by atoms with van der Waals surface area (Å²) in [6.45, 7) is 5.93. The first-order valence-electron chi connectivity index (χ1n) is 5.84. The standard InChI is InChI=1S/C11H20N2O2/c1-8-5-7-13-6-3-4-10(11(13)12-8)15-9(2)14/h8,10-12H,3-7H2,1-2H3. The van der Waals surface area contributed by atoms with Gasteiger partial charge in [-0.25, -0.2) is 0 Å². The molecule has 0 aliphatic carbocycles. The highest BCUT2D eigenvalue weighted by Crippen LogP contribution is 2.23. The van der Waals surface area contributed by atoms with Crippen LogP contribution in [0.15, 0.2) is 0 Å². The van der Waals surface area contributed by atoms with Crippen LogP contribution in [0, 0.1) is 0 Å². The predicted molar refractivity (Wildman–Crippen MR) is 57.4 cm³/mol. The van der Waals surface area contributed by atoms with Gasteiger partial charge in [0.05, 0.1) is 6.17 Å². The van der Waals surface area contributed by atoms with Crippen molar-refractivity contribution >= 4 is 5.97 Å². The zero-order chi connectivity index (χ0) is 10.8. The predicted octanol–water partition coefficient (Wildman–Crippen LogP) is 0.722. The van der Waals surface area contributed by atoms with E-state index in [1.165, 1.54) is 13.3 Å². The number of esters is 1. The maximum absolute atomic E-state index is 11.0. The fourth-order valence-electron chi connectivity index (χ4n) is 2.56. The third-order valence-corrected chi connectivity index (χ3v) is 3.30. The molecule has 86 valence electrons. The summed E-state index contributed by atoms with van der Waals surface area (Å²) < 4.78 is 5.37. The molecule has 0 amide bonds. The molecule has 2 aliphatic rings. The Labute approximate surface area is 91.0 Å². The van der Waals surface area contributed by atoms with Gasteiger partial charge in [-0.05, 0) is 32.7 Å². The zero-order valence-corrected chi connectivity index (χ0v) is 9.53. The lowest BCUT2D eigenvalue weighted by molar-refractivity contribution is -0.155. The fourth-order valence-corrected chi connectivity index (χ4v) is 2.56. The summed E-state index contributed by atoms with van der Waals surface area (Å²) in [5, 5.41) is 3.52. The number of carbonyl (C=O) groups excluding carboxylic acids is 1. The highest BCUT2D eigenvalue weighted by Gasteiger charge is 2.36. The Morgan fingerprint density at radius 1 is 1.40 bits per heavy atom. The summed E-state index contributed by atoms with van der Waals surface area (Å²) in [5.74, 6) is -0.165. The molecule has 0 radical (unpaired) electrons. The van der Waals surface area contributed by atoms with Crippen LogP contribution in [0.5, 0.6) is 0 Å². The third kappa shape index (κ3) is 2.49. The number of hydrogen-bond donors (Lipinski definition) is 1. The Morgan fingerprint density at radius 3 is 2.93 bits per heavy atom. The molecule has 15 heavy (non-hydrogen) atoms. The van der Waals surface area contributed by atoms with Crippen LogP contribution in [0.2, 0.25) is 0 Å². The van der Waals surface area contributed by atoms with Crippen LogP contribution < -0.4 is 5.32 Å². The smallest absolute Gasteiger partial charge is 0.303 e. The molecule has 2 rings (SSSR count). The molecule has 0 spiro atoms. The summed E-state index contributed by atoms with van der Waals surface area (Å²) >= 11 is 0. The van der Waals surface area contributed by atoms with Crippen molar-refractivity contribution in [1.29, 1.82) is 0 Å². The van der Waals surface area contributed by atoms with Gasteiger partial charge in [-0.1, -0.05) is 0 Å². The lowest BCUT2D eigenvalue weighted by Crippen LogP contribution is -2.63. The molecule has 2 saturated heterocycles. The van der Waals surface area contributed by atoms with Crippen molar-refractivity contribution in [3.8, 4) is 0 Å². The second-order valence-corrected chi connectivity index (χ2v) is 4.63.